The molecule has 0 aliphatic rings. The van der Waals surface area contributed by atoms with Crippen molar-refractivity contribution in [1.29, 1.82) is 0 Å². The van der Waals surface area contributed by atoms with Crippen LogP contribution in [-0.2, 0) is 0 Å². The fourth-order valence-electron chi connectivity index (χ4n) is 0.601. The minimum Gasteiger partial charge on any atom is -0.394 e. The van der Waals surface area contributed by atoms with Crippen LogP contribution in [-0.4, -0.2) is 56.7 Å². The number of thiocarbonyl (C=S) groups is 1. The highest BCUT2D eigenvalue weighted by atomic mass is 32.1. The van der Waals surface area contributed by atoms with Gasteiger partial charge in [0.05, 0.1) is 12.8 Å². The van der Waals surface area contributed by atoms with Gasteiger partial charge in [-0.3, -0.25) is 5.43 Å². The molecule has 0 rings (SSSR count). The third-order valence-electron chi connectivity index (χ3n) is 1.33. The summed E-state index contributed by atoms with van der Waals surface area (Å²) in [5.74, 6) is 0. The van der Waals surface area contributed by atoms with Crippen LogP contribution < -0.4 is 11.2 Å². The van der Waals surface area contributed by atoms with Gasteiger partial charge in [0.15, 0.2) is 5.11 Å². The molecule has 0 unspecified atom stereocenters. The van der Waals surface area contributed by atoms with Gasteiger partial charge in [0.2, 0.25) is 0 Å². The lowest BCUT2D eigenvalue weighted by molar-refractivity contribution is -0.0542. The van der Waals surface area contributed by atoms with E-state index in [2.05, 4.69) is 22.7 Å². The molecule has 0 aliphatic heterocycles. The minimum absolute atomic E-state index is 0.0920. The summed E-state index contributed by atoms with van der Waals surface area (Å²) >= 11 is 4.41. The predicted octanol–water partition coefficient (Wildman–Crippen LogP) is -3.12. The molecule has 0 aromatic rings. The molecule has 7 nitrogen and oxygen atoms in total. The SMILES string of the molecule is NC(=S)N/N=C\[C@@H](O)[C@H](O)[C@@H](O)CO. The first-order valence-corrected chi connectivity index (χ1v) is 4.13. The van der Waals surface area contributed by atoms with Gasteiger partial charge in [0.25, 0.3) is 0 Å². The lowest BCUT2D eigenvalue weighted by Crippen LogP contribution is -2.40. The summed E-state index contributed by atoms with van der Waals surface area (Å²) in [5, 5.41) is 38.9. The fraction of sp³-hybridized carbons (Fsp3) is 0.667. The van der Waals surface area contributed by atoms with Gasteiger partial charge in [-0.25, -0.2) is 0 Å². The third-order valence-corrected chi connectivity index (χ3v) is 1.42. The van der Waals surface area contributed by atoms with Gasteiger partial charge in [0, 0.05) is 0 Å². The Hall–Kier alpha value is -0.800. The van der Waals surface area contributed by atoms with E-state index in [1.807, 2.05) is 0 Å². The largest absolute Gasteiger partial charge is 0.394 e. The molecule has 7 N–H and O–H groups in total. The van der Waals surface area contributed by atoms with Crippen LogP contribution in [0.1, 0.15) is 0 Å². The van der Waals surface area contributed by atoms with Crippen molar-refractivity contribution in [2.24, 2.45) is 10.8 Å². The Morgan fingerprint density at radius 3 is 2.50 bits per heavy atom. The van der Waals surface area contributed by atoms with E-state index < -0.39 is 24.9 Å². The second-order valence-corrected chi connectivity index (χ2v) is 2.93. The highest BCUT2D eigenvalue weighted by Gasteiger charge is 2.22. The molecule has 0 aromatic carbocycles. The van der Waals surface area contributed by atoms with Crippen LogP contribution in [0.15, 0.2) is 5.10 Å². The molecule has 0 radical (unpaired) electrons. The Morgan fingerprint density at radius 2 is 2.07 bits per heavy atom. The maximum absolute atomic E-state index is 9.14. The number of nitrogens with two attached hydrogens (primary N) is 1. The minimum atomic E-state index is -1.52. The number of hydrogen-bond acceptors (Lipinski definition) is 6. The van der Waals surface area contributed by atoms with Crippen molar-refractivity contribution in [3.63, 3.8) is 0 Å². The number of hydrogen-bond donors (Lipinski definition) is 6. The molecule has 0 saturated carbocycles. The average Bonchev–Trinajstić information content (AvgIpc) is 2.14. The molecule has 0 spiro atoms. The Balaban J connectivity index is 3.99. The molecule has 0 fully saturated rings. The molecule has 0 heterocycles. The van der Waals surface area contributed by atoms with Crippen molar-refractivity contribution >= 4 is 23.5 Å². The molecular weight excluding hydrogens is 210 g/mol. The second-order valence-electron chi connectivity index (χ2n) is 2.49. The van der Waals surface area contributed by atoms with Crippen LogP contribution in [0, 0.1) is 0 Å². The summed E-state index contributed by atoms with van der Waals surface area (Å²) in [7, 11) is 0. The van der Waals surface area contributed by atoms with E-state index in [0.717, 1.165) is 6.21 Å². The van der Waals surface area contributed by atoms with Gasteiger partial charge in [-0.05, 0) is 12.2 Å². The highest BCUT2D eigenvalue weighted by Crippen LogP contribution is 1.97. The van der Waals surface area contributed by atoms with Crippen molar-refractivity contribution in [2.45, 2.75) is 18.3 Å². The predicted molar refractivity (Wildman–Crippen MR) is 53.5 cm³/mol. The van der Waals surface area contributed by atoms with Gasteiger partial charge in [-0.1, -0.05) is 0 Å². The van der Waals surface area contributed by atoms with Gasteiger partial charge < -0.3 is 26.2 Å². The van der Waals surface area contributed by atoms with E-state index in [0.29, 0.717) is 0 Å². The van der Waals surface area contributed by atoms with Crippen molar-refractivity contribution in [3.05, 3.63) is 0 Å². The molecule has 82 valence electrons. The highest BCUT2D eigenvalue weighted by molar-refractivity contribution is 7.80. The molecule has 8 heteroatoms. The summed E-state index contributed by atoms with van der Waals surface area (Å²) in [6.45, 7) is -0.658. The van der Waals surface area contributed by atoms with Crippen molar-refractivity contribution in [3.8, 4) is 0 Å². The number of nitrogens with one attached hydrogen (secondary N) is 1. The topological polar surface area (TPSA) is 131 Å². The quantitative estimate of drug-likeness (QED) is 0.165. The average molecular weight is 223 g/mol. The Labute approximate surface area is 85.9 Å². The van der Waals surface area contributed by atoms with Gasteiger partial charge in [0.1, 0.15) is 18.3 Å². The monoisotopic (exact) mass is 223 g/mol. The molecule has 0 aliphatic carbocycles. The number of aliphatic hydroxyl groups is 4. The van der Waals surface area contributed by atoms with Gasteiger partial charge in [-0.2, -0.15) is 5.10 Å². The lowest BCUT2D eigenvalue weighted by Gasteiger charge is -2.17. The molecule has 0 saturated heterocycles. The zero-order valence-electron chi connectivity index (χ0n) is 7.24. The van der Waals surface area contributed by atoms with Gasteiger partial charge in [-0.15, -0.1) is 0 Å². The van der Waals surface area contributed by atoms with Crippen molar-refractivity contribution in [1.82, 2.24) is 5.43 Å². The molecule has 0 aromatic heterocycles. The normalized spacial score (nSPS) is 17.7. The first kappa shape index (κ1) is 13.2. The first-order valence-electron chi connectivity index (χ1n) is 3.72. The number of rotatable bonds is 5. The van der Waals surface area contributed by atoms with Gasteiger partial charge >= 0.3 is 0 Å². The van der Waals surface area contributed by atoms with E-state index in [9.17, 15) is 0 Å². The summed E-state index contributed by atoms with van der Waals surface area (Å²) < 4.78 is 0. The number of hydrazone groups is 1. The summed E-state index contributed by atoms with van der Waals surface area (Å²) in [5.41, 5.74) is 7.17. The molecular formula is C6H13N3O4S. The molecule has 3 atom stereocenters. The maximum atomic E-state index is 9.14. The smallest absolute Gasteiger partial charge is 0.184 e. The zero-order chi connectivity index (χ0) is 11.1. The molecule has 14 heavy (non-hydrogen) atoms. The lowest BCUT2D eigenvalue weighted by atomic mass is 10.1. The van der Waals surface area contributed by atoms with E-state index in [1.165, 1.54) is 0 Å². The standard InChI is InChI=1S/C6H13N3O4S/c7-6(14)9-8-1-3(11)5(13)4(12)2-10/h1,3-5,10-13H,2H2,(H3,7,9,14)/b8-1-/t3-,4+,5+/m1/s1. The van der Waals surface area contributed by atoms with Crippen LogP contribution in [0.3, 0.4) is 0 Å². The van der Waals surface area contributed by atoms with E-state index >= 15 is 0 Å². The number of aliphatic hydroxyl groups excluding tert-OH is 4. The van der Waals surface area contributed by atoms with Crippen LogP contribution >= 0.6 is 12.2 Å². The summed E-state index contributed by atoms with van der Waals surface area (Å²) in [6, 6.07) is 0. The maximum Gasteiger partial charge on any atom is 0.184 e. The van der Waals surface area contributed by atoms with Crippen molar-refractivity contribution in [2.75, 3.05) is 6.61 Å². The third kappa shape index (κ3) is 5.04. The van der Waals surface area contributed by atoms with Crippen LogP contribution in [0.4, 0.5) is 0 Å². The van der Waals surface area contributed by atoms with Crippen LogP contribution in [0.5, 0.6) is 0 Å². The zero-order valence-corrected chi connectivity index (χ0v) is 8.05. The first-order chi connectivity index (χ1) is 6.49. The Morgan fingerprint density at radius 1 is 1.50 bits per heavy atom. The fourth-order valence-corrected chi connectivity index (χ4v) is 0.654. The van der Waals surface area contributed by atoms with Crippen LogP contribution in [0.25, 0.3) is 0 Å². The molecule has 0 bridgehead atoms. The number of nitrogens with zero attached hydrogens (tertiary/aromatic N) is 1. The van der Waals surface area contributed by atoms with E-state index in [4.69, 9.17) is 26.2 Å². The van der Waals surface area contributed by atoms with Crippen LogP contribution in [0.2, 0.25) is 0 Å². The van der Waals surface area contributed by atoms with E-state index in [-0.39, 0.29) is 5.11 Å². The van der Waals surface area contributed by atoms with E-state index in [1.54, 1.807) is 0 Å². The summed E-state index contributed by atoms with van der Waals surface area (Å²) in [4.78, 5) is 0. The Kier molecular flexibility index (Phi) is 6.25. The second kappa shape index (κ2) is 6.62. The van der Waals surface area contributed by atoms with Crippen molar-refractivity contribution < 1.29 is 20.4 Å². The Bertz CT molecular complexity index is 213. The molecule has 0 amide bonds. The summed E-state index contributed by atoms with van der Waals surface area (Å²) in [6.07, 6.45) is -3.46.